The first-order valence-corrected chi connectivity index (χ1v) is 14.5. The molecule has 45 heavy (non-hydrogen) atoms. The maximum Gasteiger partial charge on any atom is 0.412 e. The summed E-state index contributed by atoms with van der Waals surface area (Å²) in [7, 11) is 3.10. The van der Waals surface area contributed by atoms with Gasteiger partial charge >= 0.3 is 12.2 Å². The third kappa shape index (κ3) is 6.85. The van der Waals surface area contributed by atoms with E-state index in [-0.39, 0.29) is 25.1 Å². The lowest BCUT2D eigenvalue weighted by Gasteiger charge is -2.45. The Balaban J connectivity index is 1.37. The Kier molecular flexibility index (Phi) is 8.95. The van der Waals surface area contributed by atoms with E-state index < -0.39 is 41.6 Å². The number of amides is 5. The SMILES string of the molecule is CN(C(=O)O)c1ccc(C(=O)N[C@@H](CC(=O)NCc2ccnn2C)C(=O)N2CCC[C@@]3(C2)OC(=O)Nc2ccc(Cl)cc23)cc1. The van der Waals surface area contributed by atoms with Crippen molar-refractivity contribution in [3.8, 4) is 0 Å². The van der Waals surface area contributed by atoms with Gasteiger partial charge in [0.15, 0.2) is 5.60 Å². The van der Waals surface area contributed by atoms with Crippen LogP contribution in [0, 0.1) is 0 Å². The topological polar surface area (TPSA) is 175 Å². The zero-order valence-corrected chi connectivity index (χ0v) is 25.3. The van der Waals surface area contributed by atoms with Crippen molar-refractivity contribution in [2.45, 2.75) is 37.5 Å². The monoisotopic (exact) mass is 637 g/mol. The molecule has 2 aliphatic rings. The van der Waals surface area contributed by atoms with Crippen LogP contribution in [0.15, 0.2) is 54.7 Å². The van der Waals surface area contributed by atoms with Crippen molar-refractivity contribution in [1.82, 2.24) is 25.3 Å². The maximum absolute atomic E-state index is 14.1. The molecule has 5 amide bonds. The van der Waals surface area contributed by atoms with Gasteiger partial charge in [-0.1, -0.05) is 11.6 Å². The summed E-state index contributed by atoms with van der Waals surface area (Å²) in [5.74, 6) is -1.64. The number of benzene rings is 2. The van der Waals surface area contributed by atoms with E-state index in [1.54, 1.807) is 42.2 Å². The Bertz CT molecular complexity index is 1640. The van der Waals surface area contributed by atoms with E-state index >= 15 is 0 Å². The largest absolute Gasteiger partial charge is 0.465 e. The second kappa shape index (κ2) is 12.9. The van der Waals surface area contributed by atoms with Crippen LogP contribution in [0.25, 0.3) is 0 Å². The van der Waals surface area contributed by atoms with Crippen LogP contribution >= 0.6 is 11.6 Å². The third-order valence-corrected chi connectivity index (χ3v) is 8.18. The minimum Gasteiger partial charge on any atom is -0.465 e. The van der Waals surface area contributed by atoms with E-state index in [1.165, 1.54) is 36.2 Å². The van der Waals surface area contributed by atoms with Gasteiger partial charge in [-0.2, -0.15) is 5.10 Å². The molecule has 4 N–H and O–H groups in total. The fourth-order valence-corrected chi connectivity index (χ4v) is 5.69. The number of carbonyl (C=O) groups is 5. The molecule has 0 bridgehead atoms. The molecule has 0 unspecified atom stereocenters. The summed E-state index contributed by atoms with van der Waals surface area (Å²) in [5.41, 5.74) is 1.24. The molecule has 0 radical (unpaired) electrons. The first-order valence-electron chi connectivity index (χ1n) is 14.2. The zero-order chi connectivity index (χ0) is 32.3. The number of fused-ring (bicyclic) bond motifs is 2. The van der Waals surface area contributed by atoms with Gasteiger partial charge in [0.1, 0.15) is 6.04 Å². The van der Waals surface area contributed by atoms with Gasteiger partial charge in [-0.05, 0) is 61.4 Å². The molecular weight excluding hydrogens is 606 g/mol. The second-order valence-electron chi connectivity index (χ2n) is 10.9. The van der Waals surface area contributed by atoms with Gasteiger partial charge in [-0.15, -0.1) is 0 Å². The highest BCUT2D eigenvalue weighted by molar-refractivity contribution is 6.30. The molecule has 1 fully saturated rings. The Morgan fingerprint density at radius 3 is 2.62 bits per heavy atom. The average molecular weight is 638 g/mol. The molecule has 14 nitrogen and oxygen atoms in total. The van der Waals surface area contributed by atoms with E-state index in [4.69, 9.17) is 16.3 Å². The maximum atomic E-state index is 14.1. The normalized spacial score (nSPS) is 17.8. The standard InChI is InChI=1S/C30H32ClN7O7/c1-36(29(43)44)20-7-4-18(5-8-20)26(40)34-24(15-25(39)32-16-21-10-12-33-37(21)2)27(41)38-13-3-11-30(17-38)22-14-19(31)6-9-23(22)35-28(42)45-30/h4-10,12,14,24H,3,11,13,15-17H2,1-2H3,(H,32,39)(H,34,40)(H,35,42)(H,43,44)/t24-,30-/m0/s1. The number of ether oxygens (including phenoxy) is 1. The molecule has 236 valence electrons. The van der Waals surface area contributed by atoms with Crippen molar-refractivity contribution in [2.75, 3.05) is 30.4 Å². The van der Waals surface area contributed by atoms with Crippen LogP contribution in [0.2, 0.25) is 5.02 Å². The van der Waals surface area contributed by atoms with Crippen molar-refractivity contribution in [3.05, 3.63) is 76.6 Å². The van der Waals surface area contributed by atoms with Gasteiger partial charge in [0, 0.05) is 48.7 Å². The minimum absolute atomic E-state index is 0.00811. The summed E-state index contributed by atoms with van der Waals surface area (Å²) in [6.07, 6.45) is 0.330. The number of halogens is 1. The van der Waals surface area contributed by atoms with Gasteiger partial charge in [0.25, 0.3) is 5.91 Å². The van der Waals surface area contributed by atoms with Crippen molar-refractivity contribution in [3.63, 3.8) is 0 Å². The summed E-state index contributed by atoms with van der Waals surface area (Å²) in [5, 5.41) is 21.9. The van der Waals surface area contributed by atoms with Crippen LogP contribution < -0.4 is 20.9 Å². The first-order chi connectivity index (χ1) is 21.5. The summed E-state index contributed by atoms with van der Waals surface area (Å²) < 4.78 is 7.41. The molecule has 15 heteroatoms. The zero-order valence-electron chi connectivity index (χ0n) is 24.6. The number of hydrogen-bond donors (Lipinski definition) is 4. The Morgan fingerprint density at radius 1 is 1.18 bits per heavy atom. The first kappa shape index (κ1) is 31.3. The van der Waals surface area contributed by atoms with Gasteiger partial charge in [0.2, 0.25) is 11.8 Å². The number of aromatic nitrogens is 2. The van der Waals surface area contributed by atoms with Gasteiger partial charge < -0.3 is 25.4 Å². The predicted octanol–water partition coefficient (Wildman–Crippen LogP) is 3.07. The molecule has 1 spiro atoms. The number of nitrogens with zero attached hydrogens (tertiary/aromatic N) is 4. The smallest absolute Gasteiger partial charge is 0.412 e. The van der Waals surface area contributed by atoms with E-state index in [2.05, 4.69) is 21.0 Å². The molecule has 2 atom stereocenters. The lowest BCUT2D eigenvalue weighted by atomic mass is 9.83. The minimum atomic E-state index is -1.27. The van der Waals surface area contributed by atoms with Crippen LogP contribution in [0.3, 0.4) is 0 Å². The quantitative estimate of drug-likeness (QED) is 0.291. The fourth-order valence-electron chi connectivity index (χ4n) is 5.51. The number of nitrogens with one attached hydrogen (secondary N) is 3. The molecule has 0 aliphatic carbocycles. The van der Waals surface area contributed by atoms with E-state index in [1.807, 2.05) is 0 Å². The Labute approximate surface area is 263 Å². The number of piperidine rings is 1. The third-order valence-electron chi connectivity index (χ3n) is 7.95. The van der Waals surface area contributed by atoms with Crippen molar-refractivity contribution < 1.29 is 33.8 Å². The lowest BCUT2D eigenvalue weighted by Crippen LogP contribution is -2.57. The number of rotatable bonds is 8. The molecule has 3 heterocycles. The molecule has 1 saturated heterocycles. The predicted molar refractivity (Wildman–Crippen MR) is 163 cm³/mol. The number of aryl methyl sites for hydroxylation is 1. The summed E-state index contributed by atoms with van der Waals surface area (Å²) in [6.45, 7) is 0.461. The van der Waals surface area contributed by atoms with Crippen LogP contribution in [-0.4, -0.2) is 75.9 Å². The highest BCUT2D eigenvalue weighted by Gasteiger charge is 2.47. The van der Waals surface area contributed by atoms with E-state index in [0.717, 1.165) is 10.6 Å². The summed E-state index contributed by atoms with van der Waals surface area (Å²) >= 11 is 6.28. The summed E-state index contributed by atoms with van der Waals surface area (Å²) in [6, 6.07) is 11.3. The second-order valence-corrected chi connectivity index (χ2v) is 11.3. The number of hydrogen-bond acceptors (Lipinski definition) is 7. The number of carboxylic acid groups (broad SMARTS) is 1. The van der Waals surface area contributed by atoms with Crippen LogP contribution in [-0.2, 0) is 33.5 Å². The van der Waals surface area contributed by atoms with Gasteiger partial charge in [0.05, 0.1) is 30.9 Å². The lowest BCUT2D eigenvalue weighted by molar-refractivity contribution is -0.142. The molecule has 2 aliphatic heterocycles. The molecule has 1 aromatic heterocycles. The fraction of sp³-hybridized carbons (Fsp3) is 0.333. The molecule has 5 rings (SSSR count). The number of likely N-dealkylation sites (tertiary alicyclic amines) is 1. The van der Waals surface area contributed by atoms with Crippen molar-refractivity contribution >= 4 is 52.9 Å². The van der Waals surface area contributed by atoms with Crippen molar-refractivity contribution in [2.24, 2.45) is 7.05 Å². The molecule has 2 aromatic carbocycles. The molecule has 3 aromatic rings. The Hall–Kier alpha value is -5.11. The van der Waals surface area contributed by atoms with Crippen LogP contribution in [0.1, 0.15) is 40.9 Å². The summed E-state index contributed by atoms with van der Waals surface area (Å²) in [4.78, 5) is 66.7. The highest BCUT2D eigenvalue weighted by atomic mass is 35.5. The van der Waals surface area contributed by atoms with Crippen molar-refractivity contribution in [1.29, 1.82) is 0 Å². The highest BCUT2D eigenvalue weighted by Crippen LogP contribution is 2.43. The molecule has 0 saturated carbocycles. The van der Waals surface area contributed by atoms with Gasteiger partial charge in [-0.3, -0.25) is 29.3 Å². The Morgan fingerprint density at radius 2 is 1.93 bits per heavy atom. The van der Waals surface area contributed by atoms with Crippen LogP contribution in [0.5, 0.6) is 0 Å². The average Bonchev–Trinajstić information content (AvgIpc) is 3.43. The molecular formula is C30H32ClN7O7. The number of carbonyl (C=O) groups excluding carboxylic acids is 4. The van der Waals surface area contributed by atoms with E-state index in [0.29, 0.717) is 41.3 Å². The van der Waals surface area contributed by atoms with Gasteiger partial charge in [-0.25, -0.2) is 9.59 Å². The van der Waals surface area contributed by atoms with Crippen LogP contribution in [0.4, 0.5) is 21.0 Å². The number of anilines is 2. The van der Waals surface area contributed by atoms with E-state index in [9.17, 15) is 29.1 Å².